The smallest absolute Gasteiger partial charge is 0.317 e. The lowest BCUT2D eigenvalue weighted by atomic mass is 10.5. The molecule has 4 nitrogen and oxygen atoms in total. The molecule has 0 aromatic rings. The number of rotatable bonds is 4. The van der Waals surface area contributed by atoms with Crippen LogP contribution >= 0.6 is 0 Å². The number of aliphatic carboxylic acids is 1. The number of hydrogen-bond donors (Lipinski definition) is 1. The van der Waals surface area contributed by atoms with Gasteiger partial charge in [0.15, 0.2) is 0 Å². The number of carbonyl (C=O) groups is 1. The van der Waals surface area contributed by atoms with Gasteiger partial charge in [0.1, 0.15) is 0 Å². The first-order chi connectivity index (χ1) is 4.70. The lowest BCUT2D eigenvalue weighted by Crippen LogP contribution is -2.29. The molecule has 0 aromatic heterocycles. The molecular formula is C6H10N2O2. The zero-order chi connectivity index (χ0) is 7.98. The third-order valence-corrected chi connectivity index (χ3v) is 1.10. The van der Waals surface area contributed by atoms with Gasteiger partial charge in [-0.15, -0.1) is 0 Å². The van der Waals surface area contributed by atoms with Crippen LogP contribution in [0.5, 0.6) is 0 Å². The van der Waals surface area contributed by atoms with E-state index < -0.39 is 5.97 Å². The van der Waals surface area contributed by atoms with E-state index in [1.165, 1.54) is 0 Å². The van der Waals surface area contributed by atoms with Gasteiger partial charge in [-0.2, -0.15) is 5.26 Å². The van der Waals surface area contributed by atoms with Crippen LogP contribution < -0.4 is 0 Å². The summed E-state index contributed by atoms with van der Waals surface area (Å²) in [6.45, 7) is 2.55. The minimum atomic E-state index is -0.892. The van der Waals surface area contributed by atoms with Gasteiger partial charge in [-0.05, 0) is 6.54 Å². The summed E-state index contributed by atoms with van der Waals surface area (Å²) in [4.78, 5) is 11.6. The molecule has 56 valence electrons. The maximum absolute atomic E-state index is 10.1. The van der Waals surface area contributed by atoms with Gasteiger partial charge < -0.3 is 5.11 Å². The van der Waals surface area contributed by atoms with Crippen LogP contribution in [0.25, 0.3) is 0 Å². The molecule has 0 rings (SSSR count). The second kappa shape index (κ2) is 4.77. The van der Waals surface area contributed by atoms with Crippen LogP contribution in [-0.4, -0.2) is 35.6 Å². The molecule has 0 aromatic carbocycles. The molecule has 4 heteroatoms. The predicted molar refractivity (Wildman–Crippen MR) is 35.4 cm³/mol. The summed E-state index contributed by atoms with van der Waals surface area (Å²) in [5, 5.41) is 16.5. The van der Waals surface area contributed by atoms with E-state index in [0.29, 0.717) is 6.54 Å². The summed E-state index contributed by atoms with van der Waals surface area (Å²) >= 11 is 0. The Morgan fingerprint density at radius 2 is 2.40 bits per heavy atom. The molecule has 10 heavy (non-hydrogen) atoms. The molecule has 0 atom stereocenters. The highest BCUT2D eigenvalue weighted by Gasteiger charge is 2.04. The van der Waals surface area contributed by atoms with Gasteiger partial charge >= 0.3 is 5.97 Å². The molecule has 0 saturated heterocycles. The molecule has 0 aliphatic heterocycles. The minimum Gasteiger partial charge on any atom is -0.480 e. The van der Waals surface area contributed by atoms with E-state index in [9.17, 15) is 4.79 Å². The first-order valence-corrected chi connectivity index (χ1v) is 3.01. The summed E-state index contributed by atoms with van der Waals surface area (Å²) in [6, 6.07) is 1.89. The number of nitriles is 1. The van der Waals surface area contributed by atoms with Gasteiger partial charge in [0.05, 0.1) is 19.2 Å². The summed E-state index contributed by atoms with van der Waals surface area (Å²) in [6.07, 6.45) is 0. The van der Waals surface area contributed by atoms with Crippen molar-refractivity contribution in [1.82, 2.24) is 4.90 Å². The van der Waals surface area contributed by atoms with E-state index >= 15 is 0 Å². The number of carboxylic acids is 1. The van der Waals surface area contributed by atoms with Crippen molar-refractivity contribution in [3.63, 3.8) is 0 Å². The van der Waals surface area contributed by atoms with Gasteiger partial charge in [0, 0.05) is 0 Å². The van der Waals surface area contributed by atoms with Crippen molar-refractivity contribution in [2.45, 2.75) is 6.92 Å². The topological polar surface area (TPSA) is 64.3 Å². The molecule has 1 N–H and O–H groups in total. The fourth-order valence-electron chi connectivity index (χ4n) is 0.571. The first-order valence-electron chi connectivity index (χ1n) is 3.01. The predicted octanol–water partition coefficient (Wildman–Crippen LogP) is -0.0835. The first kappa shape index (κ1) is 8.92. The van der Waals surface area contributed by atoms with Crippen LogP contribution in [0.4, 0.5) is 0 Å². The standard InChI is InChI=1S/C6H10N2O2/c1-2-8(4-3-7)5-6(9)10/h2,4-5H2,1H3,(H,9,10). The van der Waals surface area contributed by atoms with Crippen molar-refractivity contribution >= 4 is 5.97 Å². The summed E-state index contributed by atoms with van der Waals surface area (Å²) in [5.74, 6) is -0.892. The molecule has 0 aliphatic carbocycles. The maximum Gasteiger partial charge on any atom is 0.317 e. The van der Waals surface area contributed by atoms with Crippen molar-refractivity contribution < 1.29 is 9.90 Å². The van der Waals surface area contributed by atoms with Crippen LogP contribution in [0.15, 0.2) is 0 Å². The number of carboxylic acid groups (broad SMARTS) is 1. The summed E-state index contributed by atoms with van der Waals surface area (Å²) in [5.41, 5.74) is 0. The lowest BCUT2D eigenvalue weighted by Gasteiger charge is -2.12. The molecule has 0 fully saturated rings. The average Bonchev–Trinajstić information content (AvgIpc) is 1.86. The van der Waals surface area contributed by atoms with E-state index in [1.807, 2.05) is 13.0 Å². The normalized spacial score (nSPS) is 9.30. The molecular weight excluding hydrogens is 132 g/mol. The van der Waals surface area contributed by atoms with Crippen molar-refractivity contribution in [3.05, 3.63) is 0 Å². The minimum absolute atomic E-state index is 0.0515. The van der Waals surface area contributed by atoms with Crippen LogP contribution in [0.3, 0.4) is 0 Å². The second-order valence-corrected chi connectivity index (χ2v) is 1.86. The van der Waals surface area contributed by atoms with E-state index in [-0.39, 0.29) is 13.1 Å². The van der Waals surface area contributed by atoms with Crippen LogP contribution in [-0.2, 0) is 4.79 Å². The van der Waals surface area contributed by atoms with Gasteiger partial charge in [-0.25, -0.2) is 0 Å². The molecule has 0 unspecified atom stereocenters. The largest absolute Gasteiger partial charge is 0.480 e. The summed E-state index contributed by atoms with van der Waals surface area (Å²) < 4.78 is 0. The van der Waals surface area contributed by atoms with Crippen molar-refractivity contribution in [2.24, 2.45) is 0 Å². The Bertz CT molecular complexity index is 150. The zero-order valence-electron chi connectivity index (χ0n) is 5.87. The molecule has 0 heterocycles. The van der Waals surface area contributed by atoms with Gasteiger partial charge in [-0.3, -0.25) is 9.69 Å². The molecule has 0 radical (unpaired) electrons. The Morgan fingerprint density at radius 1 is 1.80 bits per heavy atom. The highest BCUT2D eigenvalue weighted by atomic mass is 16.4. The quantitative estimate of drug-likeness (QED) is 0.557. The fourth-order valence-corrected chi connectivity index (χ4v) is 0.571. The second-order valence-electron chi connectivity index (χ2n) is 1.86. The van der Waals surface area contributed by atoms with Crippen LogP contribution in [0, 0.1) is 11.3 Å². The Balaban J connectivity index is 3.62. The maximum atomic E-state index is 10.1. The van der Waals surface area contributed by atoms with Crippen molar-refractivity contribution in [2.75, 3.05) is 19.6 Å². The average molecular weight is 142 g/mol. The van der Waals surface area contributed by atoms with Crippen LogP contribution in [0.2, 0.25) is 0 Å². The van der Waals surface area contributed by atoms with Gasteiger partial charge in [0.2, 0.25) is 0 Å². The summed E-state index contributed by atoms with van der Waals surface area (Å²) in [7, 11) is 0. The van der Waals surface area contributed by atoms with E-state index in [2.05, 4.69) is 0 Å². The highest BCUT2D eigenvalue weighted by Crippen LogP contribution is 1.84. The zero-order valence-corrected chi connectivity index (χ0v) is 5.87. The molecule has 0 bridgehead atoms. The van der Waals surface area contributed by atoms with E-state index in [4.69, 9.17) is 10.4 Å². The Kier molecular flexibility index (Phi) is 4.25. The Morgan fingerprint density at radius 3 is 2.70 bits per heavy atom. The van der Waals surface area contributed by atoms with Crippen molar-refractivity contribution in [1.29, 1.82) is 5.26 Å². The molecule has 0 amide bonds. The van der Waals surface area contributed by atoms with Crippen molar-refractivity contribution in [3.8, 4) is 6.07 Å². The van der Waals surface area contributed by atoms with E-state index in [0.717, 1.165) is 0 Å². The number of nitrogens with zero attached hydrogens (tertiary/aromatic N) is 2. The molecule has 0 aliphatic rings. The van der Waals surface area contributed by atoms with Gasteiger partial charge in [0.25, 0.3) is 0 Å². The Hall–Kier alpha value is -1.08. The van der Waals surface area contributed by atoms with Crippen LogP contribution in [0.1, 0.15) is 6.92 Å². The monoisotopic (exact) mass is 142 g/mol. The SMILES string of the molecule is CCN(CC#N)CC(=O)O. The van der Waals surface area contributed by atoms with Gasteiger partial charge in [-0.1, -0.05) is 6.92 Å². The number of hydrogen-bond acceptors (Lipinski definition) is 3. The Labute approximate surface area is 59.7 Å². The third kappa shape index (κ3) is 3.87. The lowest BCUT2D eigenvalue weighted by molar-refractivity contribution is -0.138. The highest BCUT2D eigenvalue weighted by molar-refractivity contribution is 5.69. The fraction of sp³-hybridized carbons (Fsp3) is 0.667. The van der Waals surface area contributed by atoms with E-state index in [1.54, 1.807) is 4.90 Å². The number of likely N-dealkylation sites (N-methyl/N-ethyl adjacent to an activating group) is 1. The third-order valence-electron chi connectivity index (χ3n) is 1.10. The molecule has 0 spiro atoms. The molecule has 0 saturated carbocycles.